The van der Waals surface area contributed by atoms with E-state index in [-0.39, 0.29) is 17.0 Å². The van der Waals surface area contributed by atoms with Gasteiger partial charge in [0.1, 0.15) is 0 Å². The molecule has 2 rings (SSSR count). The molecular formula is C18H22FNO. The molecule has 0 fully saturated rings. The normalized spacial score (nSPS) is 13.7. The summed E-state index contributed by atoms with van der Waals surface area (Å²) < 4.78 is 18.8. The topological polar surface area (TPSA) is 35.2 Å². The van der Waals surface area contributed by atoms with Gasteiger partial charge in [-0.05, 0) is 36.1 Å². The van der Waals surface area contributed by atoms with Gasteiger partial charge in [0, 0.05) is 12.0 Å². The second-order valence-electron chi connectivity index (χ2n) is 5.35. The number of ether oxygens (including phenoxy) is 1. The van der Waals surface area contributed by atoms with E-state index >= 15 is 0 Å². The summed E-state index contributed by atoms with van der Waals surface area (Å²) in [6, 6.07) is 15.3. The Morgan fingerprint density at radius 3 is 2.38 bits per heavy atom. The van der Waals surface area contributed by atoms with Gasteiger partial charge < -0.3 is 10.5 Å². The number of benzene rings is 2. The SMILES string of the molecule is CCC(CN)(Cc1ccc(OC)c(F)c1)c1ccccc1. The molecule has 1 unspecified atom stereocenters. The van der Waals surface area contributed by atoms with E-state index in [9.17, 15) is 4.39 Å². The fourth-order valence-electron chi connectivity index (χ4n) is 2.77. The van der Waals surface area contributed by atoms with Crippen molar-refractivity contribution in [3.8, 4) is 5.75 Å². The zero-order valence-electron chi connectivity index (χ0n) is 12.6. The Morgan fingerprint density at radius 2 is 1.86 bits per heavy atom. The lowest BCUT2D eigenvalue weighted by Crippen LogP contribution is -2.36. The summed E-state index contributed by atoms with van der Waals surface area (Å²) in [5.41, 5.74) is 8.04. The lowest BCUT2D eigenvalue weighted by atomic mass is 9.73. The first-order chi connectivity index (χ1) is 10.1. The van der Waals surface area contributed by atoms with Crippen molar-refractivity contribution in [3.05, 3.63) is 65.5 Å². The molecule has 0 aliphatic heterocycles. The van der Waals surface area contributed by atoms with Crippen LogP contribution in [-0.4, -0.2) is 13.7 Å². The van der Waals surface area contributed by atoms with Gasteiger partial charge in [0.15, 0.2) is 11.6 Å². The average Bonchev–Trinajstić information content (AvgIpc) is 2.54. The first kappa shape index (κ1) is 15.5. The highest BCUT2D eigenvalue weighted by atomic mass is 19.1. The predicted octanol–water partition coefficient (Wildman–Crippen LogP) is 3.68. The molecule has 21 heavy (non-hydrogen) atoms. The van der Waals surface area contributed by atoms with Gasteiger partial charge in [-0.2, -0.15) is 0 Å². The quantitative estimate of drug-likeness (QED) is 0.879. The third-order valence-corrected chi connectivity index (χ3v) is 4.21. The van der Waals surface area contributed by atoms with Crippen LogP contribution in [0.2, 0.25) is 0 Å². The molecule has 0 saturated carbocycles. The number of rotatable bonds is 6. The fraction of sp³-hybridized carbons (Fsp3) is 0.333. The average molecular weight is 287 g/mol. The Morgan fingerprint density at radius 1 is 1.14 bits per heavy atom. The smallest absolute Gasteiger partial charge is 0.165 e. The van der Waals surface area contributed by atoms with Gasteiger partial charge in [0.2, 0.25) is 0 Å². The van der Waals surface area contributed by atoms with Crippen LogP contribution in [0.15, 0.2) is 48.5 Å². The minimum atomic E-state index is -0.329. The number of halogens is 1. The van der Waals surface area contributed by atoms with Gasteiger partial charge in [-0.25, -0.2) is 4.39 Å². The molecule has 0 aliphatic carbocycles. The van der Waals surface area contributed by atoms with Crippen molar-refractivity contribution in [2.24, 2.45) is 5.73 Å². The Bertz CT molecular complexity index is 579. The van der Waals surface area contributed by atoms with Crippen LogP contribution < -0.4 is 10.5 Å². The third-order valence-electron chi connectivity index (χ3n) is 4.21. The summed E-state index contributed by atoms with van der Waals surface area (Å²) in [6.45, 7) is 2.65. The van der Waals surface area contributed by atoms with Crippen molar-refractivity contribution < 1.29 is 9.13 Å². The number of hydrogen-bond donors (Lipinski definition) is 1. The van der Waals surface area contributed by atoms with Crippen LogP contribution in [0.4, 0.5) is 4.39 Å². The number of nitrogens with two attached hydrogens (primary N) is 1. The van der Waals surface area contributed by atoms with Crippen molar-refractivity contribution in [2.75, 3.05) is 13.7 Å². The van der Waals surface area contributed by atoms with Crippen LogP contribution in [0.5, 0.6) is 5.75 Å². The van der Waals surface area contributed by atoms with Crippen LogP contribution in [0, 0.1) is 5.82 Å². The first-order valence-corrected chi connectivity index (χ1v) is 7.23. The van der Waals surface area contributed by atoms with E-state index in [0.29, 0.717) is 13.0 Å². The van der Waals surface area contributed by atoms with E-state index < -0.39 is 0 Å². The van der Waals surface area contributed by atoms with E-state index in [0.717, 1.165) is 12.0 Å². The second-order valence-corrected chi connectivity index (χ2v) is 5.35. The van der Waals surface area contributed by atoms with Gasteiger partial charge in [0.05, 0.1) is 7.11 Å². The van der Waals surface area contributed by atoms with Gasteiger partial charge in [-0.15, -0.1) is 0 Å². The van der Waals surface area contributed by atoms with Gasteiger partial charge in [-0.3, -0.25) is 0 Å². The van der Waals surface area contributed by atoms with Gasteiger partial charge in [-0.1, -0.05) is 43.3 Å². The molecule has 0 bridgehead atoms. The summed E-state index contributed by atoms with van der Waals surface area (Å²) in [6.07, 6.45) is 1.62. The lowest BCUT2D eigenvalue weighted by molar-refractivity contribution is 0.384. The van der Waals surface area contributed by atoms with Crippen LogP contribution in [0.1, 0.15) is 24.5 Å². The van der Waals surface area contributed by atoms with Crippen LogP contribution >= 0.6 is 0 Å². The van der Waals surface area contributed by atoms with Crippen LogP contribution in [0.3, 0.4) is 0 Å². The standard InChI is InChI=1S/C18H22FNO/c1-3-18(13-20,15-7-5-4-6-8-15)12-14-9-10-17(21-2)16(19)11-14/h4-11H,3,12-13,20H2,1-2H3. The highest BCUT2D eigenvalue weighted by Gasteiger charge is 2.29. The molecule has 1 atom stereocenters. The predicted molar refractivity (Wildman–Crippen MR) is 84.1 cm³/mol. The van der Waals surface area contributed by atoms with Crippen LogP contribution in [-0.2, 0) is 11.8 Å². The molecule has 112 valence electrons. The monoisotopic (exact) mass is 287 g/mol. The molecule has 0 heterocycles. The Hall–Kier alpha value is -1.87. The third kappa shape index (κ3) is 3.24. The Balaban J connectivity index is 2.34. The molecule has 0 aliphatic rings. The Kier molecular flexibility index (Phi) is 4.97. The zero-order valence-corrected chi connectivity index (χ0v) is 12.6. The highest BCUT2D eigenvalue weighted by Crippen LogP contribution is 2.32. The summed E-state index contributed by atoms with van der Waals surface area (Å²) in [4.78, 5) is 0. The zero-order chi connectivity index (χ0) is 15.3. The second kappa shape index (κ2) is 6.72. The van der Waals surface area contributed by atoms with Crippen molar-refractivity contribution in [1.82, 2.24) is 0 Å². The first-order valence-electron chi connectivity index (χ1n) is 7.23. The summed E-state index contributed by atoms with van der Waals surface area (Å²) in [5, 5.41) is 0. The van der Waals surface area contributed by atoms with Gasteiger partial charge >= 0.3 is 0 Å². The maximum absolute atomic E-state index is 13.9. The minimum absolute atomic E-state index is 0.164. The van der Waals surface area contributed by atoms with Crippen molar-refractivity contribution in [1.29, 1.82) is 0 Å². The number of hydrogen-bond acceptors (Lipinski definition) is 2. The number of methoxy groups -OCH3 is 1. The summed E-state index contributed by atoms with van der Waals surface area (Å²) in [7, 11) is 1.47. The van der Waals surface area contributed by atoms with E-state index in [1.807, 2.05) is 24.3 Å². The van der Waals surface area contributed by atoms with Crippen molar-refractivity contribution in [2.45, 2.75) is 25.2 Å². The molecule has 2 aromatic carbocycles. The molecule has 0 radical (unpaired) electrons. The van der Waals surface area contributed by atoms with E-state index in [2.05, 4.69) is 19.1 Å². The molecule has 3 heteroatoms. The molecule has 2 N–H and O–H groups in total. The van der Waals surface area contributed by atoms with Crippen LogP contribution in [0.25, 0.3) is 0 Å². The van der Waals surface area contributed by atoms with E-state index in [1.54, 1.807) is 12.1 Å². The maximum atomic E-state index is 13.9. The summed E-state index contributed by atoms with van der Waals surface area (Å²) >= 11 is 0. The molecule has 0 amide bonds. The molecule has 2 aromatic rings. The van der Waals surface area contributed by atoms with Crippen molar-refractivity contribution in [3.63, 3.8) is 0 Å². The lowest BCUT2D eigenvalue weighted by Gasteiger charge is -2.32. The largest absolute Gasteiger partial charge is 0.494 e. The summed E-state index contributed by atoms with van der Waals surface area (Å²) in [5.74, 6) is -0.0570. The highest BCUT2D eigenvalue weighted by molar-refractivity contribution is 5.34. The molecular weight excluding hydrogens is 265 g/mol. The Labute approximate surface area is 125 Å². The molecule has 0 saturated heterocycles. The van der Waals surface area contributed by atoms with Crippen molar-refractivity contribution >= 4 is 0 Å². The maximum Gasteiger partial charge on any atom is 0.165 e. The minimum Gasteiger partial charge on any atom is -0.494 e. The molecule has 0 aromatic heterocycles. The fourth-order valence-corrected chi connectivity index (χ4v) is 2.77. The van der Waals surface area contributed by atoms with Gasteiger partial charge in [0.25, 0.3) is 0 Å². The molecule has 0 spiro atoms. The van der Waals surface area contributed by atoms with E-state index in [1.165, 1.54) is 12.7 Å². The van der Waals surface area contributed by atoms with E-state index in [4.69, 9.17) is 10.5 Å². The molecule has 2 nitrogen and oxygen atoms in total.